The zero-order valence-electron chi connectivity index (χ0n) is 15.0. The van der Waals surface area contributed by atoms with Crippen LogP contribution in [0.1, 0.15) is 28.4 Å². The molecule has 0 heterocycles. The van der Waals surface area contributed by atoms with Gasteiger partial charge in [-0.3, -0.25) is 4.79 Å². The Morgan fingerprint density at radius 3 is 2.42 bits per heavy atom. The van der Waals surface area contributed by atoms with Crippen LogP contribution in [0, 0.1) is 0 Å². The van der Waals surface area contributed by atoms with Gasteiger partial charge in [-0.25, -0.2) is 0 Å². The molecule has 0 spiro atoms. The molecule has 0 fully saturated rings. The summed E-state index contributed by atoms with van der Waals surface area (Å²) in [5, 5.41) is 4.34. The van der Waals surface area contributed by atoms with E-state index < -0.39 is 0 Å². The Balaban J connectivity index is 2.11. The summed E-state index contributed by atoms with van der Waals surface area (Å²) >= 11 is 6.15. The molecule has 0 atom stereocenters. The highest BCUT2D eigenvalue weighted by atomic mass is 35.5. The Morgan fingerprint density at radius 1 is 1.08 bits per heavy atom. The van der Waals surface area contributed by atoms with E-state index in [1.165, 1.54) is 27.4 Å². The second kappa shape index (κ2) is 9.10. The van der Waals surface area contributed by atoms with Gasteiger partial charge in [-0.05, 0) is 37.3 Å². The number of nitrogens with zero attached hydrogens (tertiary/aromatic N) is 1. The summed E-state index contributed by atoms with van der Waals surface area (Å²) in [7, 11) is 4.60. The van der Waals surface area contributed by atoms with Crippen LogP contribution in [0.25, 0.3) is 0 Å². The topological polar surface area (TPSA) is 66.4 Å². The van der Waals surface area contributed by atoms with Crippen molar-refractivity contribution in [1.82, 2.24) is 0 Å². The standard InChI is InChI=1S/C19H20ClNO5/c1-12(22)14-5-6-17(23-2)15(9-14)11-26-21-10-13-7-16(20)19(25-4)18(8-13)24-3/h5-10H,11H2,1-4H3/b21-10+. The van der Waals surface area contributed by atoms with Crippen LogP contribution in [0.2, 0.25) is 5.02 Å². The van der Waals surface area contributed by atoms with Crippen molar-refractivity contribution in [3.8, 4) is 17.2 Å². The van der Waals surface area contributed by atoms with Gasteiger partial charge in [0.15, 0.2) is 17.3 Å². The lowest BCUT2D eigenvalue weighted by Gasteiger charge is -2.10. The molecule has 2 rings (SSSR count). The number of methoxy groups -OCH3 is 3. The minimum Gasteiger partial charge on any atom is -0.496 e. The number of carbonyl (C=O) groups excluding carboxylic acids is 1. The van der Waals surface area contributed by atoms with Gasteiger partial charge in [-0.2, -0.15) is 0 Å². The Labute approximate surface area is 157 Å². The fourth-order valence-electron chi connectivity index (χ4n) is 2.33. The number of hydrogen-bond acceptors (Lipinski definition) is 6. The summed E-state index contributed by atoms with van der Waals surface area (Å²) in [6, 6.07) is 8.58. The molecule has 0 saturated carbocycles. The maximum absolute atomic E-state index is 11.5. The monoisotopic (exact) mass is 377 g/mol. The maximum Gasteiger partial charge on any atom is 0.179 e. The lowest BCUT2D eigenvalue weighted by molar-refractivity contribution is 0.101. The minimum atomic E-state index is -0.0302. The largest absolute Gasteiger partial charge is 0.496 e. The van der Waals surface area contributed by atoms with Crippen molar-refractivity contribution < 1.29 is 23.8 Å². The molecule has 0 N–H and O–H groups in total. The van der Waals surface area contributed by atoms with Gasteiger partial charge in [0.1, 0.15) is 12.4 Å². The highest BCUT2D eigenvalue weighted by Gasteiger charge is 2.10. The molecular formula is C19H20ClNO5. The number of carbonyl (C=O) groups is 1. The molecule has 138 valence electrons. The Bertz CT molecular complexity index is 820. The lowest BCUT2D eigenvalue weighted by atomic mass is 10.1. The molecule has 0 aliphatic carbocycles. The SMILES string of the molecule is COc1ccc(C(C)=O)cc1CO/N=C/c1cc(Cl)c(OC)c(OC)c1. The predicted octanol–water partition coefficient (Wildman–Crippen LogP) is 4.12. The molecule has 2 aromatic carbocycles. The van der Waals surface area contributed by atoms with Gasteiger partial charge in [0.2, 0.25) is 0 Å². The van der Waals surface area contributed by atoms with Crippen LogP contribution in [0.5, 0.6) is 17.2 Å². The number of benzene rings is 2. The average Bonchev–Trinajstić information content (AvgIpc) is 2.64. The van der Waals surface area contributed by atoms with E-state index in [-0.39, 0.29) is 12.4 Å². The third kappa shape index (κ3) is 4.67. The molecule has 0 aliphatic rings. The molecule has 7 heteroatoms. The number of ether oxygens (including phenoxy) is 3. The summed E-state index contributed by atoms with van der Waals surface area (Å²) in [5.74, 6) is 1.55. The molecule has 0 aliphatic heterocycles. The van der Waals surface area contributed by atoms with E-state index in [2.05, 4.69) is 5.16 Å². The summed E-state index contributed by atoms with van der Waals surface area (Å²) in [5.41, 5.74) is 2.00. The van der Waals surface area contributed by atoms with E-state index in [9.17, 15) is 4.79 Å². The molecule has 0 radical (unpaired) electrons. The van der Waals surface area contributed by atoms with Gasteiger partial charge >= 0.3 is 0 Å². The first-order chi connectivity index (χ1) is 12.5. The maximum atomic E-state index is 11.5. The lowest BCUT2D eigenvalue weighted by Crippen LogP contribution is -1.99. The van der Waals surface area contributed by atoms with E-state index in [1.54, 1.807) is 37.4 Å². The van der Waals surface area contributed by atoms with Crippen molar-refractivity contribution in [2.24, 2.45) is 5.16 Å². The average molecular weight is 378 g/mol. The van der Waals surface area contributed by atoms with Crippen LogP contribution in [0.15, 0.2) is 35.5 Å². The summed E-state index contributed by atoms with van der Waals surface area (Å²) in [4.78, 5) is 16.8. The predicted molar refractivity (Wildman–Crippen MR) is 99.9 cm³/mol. The van der Waals surface area contributed by atoms with Crippen molar-refractivity contribution >= 4 is 23.6 Å². The number of rotatable bonds is 8. The quantitative estimate of drug-likeness (QED) is 0.393. The van der Waals surface area contributed by atoms with Crippen molar-refractivity contribution in [2.75, 3.05) is 21.3 Å². The number of ketones is 1. The van der Waals surface area contributed by atoms with Gasteiger partial charge in [0, 0.05) is 16.7 Å². The Hall–Kier alpha value is -2.73. The van der Waals surface area contributed by atoms with Crippen LogP contribution in [-0.2, 0) is 11.4 Å². The highest BCUT2D eigenvalue weighted by Crippen LogP contribution is 2.35. The van der Waals surface area contributed by atoms with Gasteiger partial charge in [0.25, 0.3) is 0 Å². The molecular weight excluding hydrogens is 358 g/mol. The van der Waals surface area contributed by atoms with Crippen LogP contribution >= 0.6 is 11.6 Å². The zero-order valence-corrected chi connectivity index (χ0v) is 15.8. The van der Waals surface area contributed by atoms with Crippen molar-refractivity contribution in [1.29, 1.82) is 0 Å². The fraction of sp³-hybridized carbons (Fsp3) is 0.263. The van der Waals surface area contributed by atoms with Crippen LogP contribution < -0.4 is 14.2 Å². The molecule has 0 bridgehead atoms. The van der Waals surface area contributed by atoms with Gasteiger partial charge in [-0.1, -0.05) is 16.8 Å². The number of halogens is 1. The summed E-state index contributed by atoms with van der Waals surface area (Å²) < 4.78 is 15.7. The number of hydrogen-bond donors (Lipinski definition) is 0. The van der Waals surface area contributed by atoms with E-state index in [1.807, 2.05) is 0 Å². The zero-order chi connectivity index (χ0) is 19.1. The Morgan fingerprint density at radius 2 is 1.81 bits per heavy atom. The summed E-state index contributed by atoms with van der Waals surface area (Å²) in [6.07, 6.45) is 1.51. The van der Waals surface area contributed by atoms with Gasteiger partial charge in [-0.15, -0.1) is 0 Å². The number of Topliss-reactive ketones (excluding diaryl/α,β-unsaturated/α-hetero) is 1. The first-order valence-corrected chi connectivity index (χ1v) is 8.12. The highest BCUT2D eigenvalue weighted by molar-refractivity contribution is 6.32. The molecule has 26 heavy (non-hydrogen) atoms. The smallest absolute Gasteiger partial charge is 0.179 e. The van der Waals surface area contributed by atoms with E-state index in [0.717, 1.165) is 5.56 Å². The van der Waals surface area contributed by atoms with Gasteiger partial charge in [0.05, 0.1) is 32.6 Å². The van der Waals surface area contributed by atoms with Gasteiger partial charge < -0.3 is 19.0 Å². The van der Waals surface area contributed by atoms with Crippen molar-refractivity contribution in [2.45, 2.75) is 13.5 Å². The van der Waals surface area contributed by atoms with Crippen LogP contribution in [0.4, 0.5) is 0 Å². The molecule has 0 saturated heterocycles. The Kier molecular flexibility index (Phi) is 6.86. The van der Waals surface area contributed by atoms with Crippen molar-refractivity contribution in [3.63, 3.8) is 0 Å². The minimum absolute atomic E-state index is 0.0302. The van der Waals surface area contributed by atoms with E-state index in [0.29, 0.717) is 33.4 Å². The normalized spacial score (nSPS) is 10.7. The third-order valence-electron chi connectivity index (χ3n) is 3.64. The molecule has 0 unspecified atom stereocenters. The van der Waals surface area contributed by atoms with Crippen LogP contribution in [-0.4, -0.2) is 33.3 Å². The molecule has 2 aromatic rings. The number of oxime groups is 1. The third-order valence-corrected chi connectivity index (χ3v) is 3.92. The first-order valence-electron chi connectivity index (χ1n) is 7.74. The van der Waals surface area contributed by atoms with Crippen molar-refractivity contribution in [3.05, 3.63) is 52.0 Å². The fourth-order valence-corrected chi connectivity index (χ4v) is 2.62. The second-order valence-electron chi connectivity index (χ2n) is 5.33. The summed E-state index contributed by atoms with van der Waals surface area (Å²) in [6.45, 7) is 1.66. The molecule has 6 nitrogen and oxygen atoms in total. The van der Waals surface area contributed by atoms with E-state index in [4.69, 9.17) is 30.6 Å². The first kappa shape index (κ1) is 19.6. The van der Waals surface area contributed by atoms with E-state index >= 15 is 0 Å². The van der Waals surface area contributed by atoms with Crippen LogP contribution in [0.3, 0.4) is 0 Å². The molecule has 0 aromatic heterocycles. The second-order valence-corrected chi connectivity index (χ2v) is 5.74. The molecule has 0 amide bonds.